The maximum absolute atomic E-state index is 11.1. The van der Waals surface area contributed by atoms with Gasteiger partial charge in [-0.1, -0.05) is 61.7 Å². The average Bonchev–Trinajstić information content (AvgIpc) is 2.59. The van der Waals surface area contributed by atoms with Crippen LogP contribution >= 0.6 is 0 Å². The fourth-order valence-electron chi connectivity index (χ4n) is 4.05. The molecule has 0 spiro atoms. The van der Waals surface area contributed by atoms with E-state index in [4.69, 9.17) is 0 Å². The topological polar surface area (TPSA) is 23.5 Å². The van der Waals surface area contributed by atoms with Crippen molar-refractivity contribution in [1.29, 1.82) is 0 Å². The van der Waals surface area contributed by atoms with Crippen LogP contribution in [0.1, 0.15) is 43.6 Å². The third-order valence-corrected chi connectivity index (χ3v) is 5.31. The van der Waals surface area contributed by atoms with Gasteiger partial charge in [0, 0.05) is 12.5 Å². The molecule has 0 amide bonds. The molecule has 2 aromatic carbocycles. The highest BCUT2D eigenvalue weighted by atomic mass is 16.3. The number of aliphatic hydroxyl groups is 1. The summed E-state index contributed by atoms with van der Waals surface area (Å²) in [6, 6.07) is 15.2. The molecule has 124 valence electrons. The van der Waals surface area contributed by atoms with Crippen LogP contribution in [-0.2, 0) is 0 Å². The Bertz CT molecular complexity index is 631. The molecule has 0 aliphatic heterocycles. The molecule has 1 aliphatic carbocycles. The van der Waals surface area contributed by atoms with Crippen LogP contribution in [0.2, 0.25) is 0 Å². The second kappa shape index (κ2) is 7.46. The maximum atomic E-state index is 11.1. The molecule has 23 heavy (non-hydrogen) atoms. The number of nitrogens with zero attached hydrogens (tertiary/aromatic N) is 1. The molecule has 0 aromatic heterocycles. The predicted molar refractivity (Wildman–Crippen MR) is 97.8 cm³/mol. The molecule has 1 fully saturated rings. The standard InChI is InChI=1S/C21H29NO/c1-22(2)15-20(21(23)17-9-4-3-5-10-17)19-13-12-16-8-6-7-11-18(16)14-19/h6-8,11-14,17,20-21,23H,3-5,9-10,15H2,1-2H3/t20-,21-/m1/s1. The van der Waals surface area contributed by atoms with Crippen LogP contribution in [0.15, 0.2) is 42.5 Å². The van der Waals surface area contributed by atoms with Gasteiger partial charge in [0.15, 0.2) is 0 Å². The highest BCUT2D eigenvalue weighted by molar-refractivity contribution is 5.83. The van der Waals surface area contributed by atoms with E-state index in [0.717, 1.165) is 6.54 Å². The van der Waals surface area contributed by atoms with Crippen LogP contribution < -0.4 is 0 Å². The first-order valence-corrected chi connectivity index (χ1v) is 8.96. The second-order valence-electron chi connectivity index (χ2n) is 7.36. The van der Waals surface area contributed by atoms with Crippen molar-refractivity contribution in [2.24, 2.45) is 5.92 Å². The Morgan fingerprint density at radius 2 is 1.70 bits per heavy atom. The number of aliphatic hydroxyl groups excluding tert-OH is 1. The van der Waals surface area contributed by atoms with E-state index >= 15 is 0 Å². The lowest BCUT2D eigenvalue weighted by Gasteiger charge is -2.34. The predicted octanol–water partition coefficient (Wildman–Crippen LogP) is 4.43. The number of likely N-dealkylation sites (N-methyl/N-ethyl adjacent to an activating group) is 1. The quantitative estimate of drug-likeness (QED) is 0.883. The monoisotopic (exact) mass is 311 g/mol. The van der Waals surface area contributed by atoms with Crippen molar-refractivity contribution in [3.8, 4) is 0 Å². The van der Waals surface area contributed by atoms with Gasteiger partial charge in [0.2, 0.25) is 0 Å². The third-order valence-electron chi connectivity index (χ3n) is 5.31. The summed E-state index contributed by atoms with van der Waals surface area (Å²) in [6.07, 6.45) is 6.00. The summed E-state index contributed by atoms with van der Waals surface area (Å²) < 4.78 is 0. The Balaban J connectivity index is 1.89. The lowest BCUT2D eigenvalue weighted by atomic mass is 9.78. The average molecular weight is 311 g/mol. The maximum Gasteiger partial charge on any atom is 0.0649 e. The molecular formula is C21H29NO. The molecular weight excluding hydrogens is 282 g/mol. The minimum Gasteiger partial charge on any atom is -0.392 e. The normalized spacial score (nSPS) is 19.1. The molecule has 0 radical (unpaired) electrons. The minimum atomic E-state index is -0.237. The molecule has 1 N–H and O–H groups in total. The van der Waals surface area contributed by atoms with E-state index < -0.39 is 0 Å². The first-order chi connectivity index (χ1) is 11.1. The Labute approximate surface area is 140 Å². The van der Waals surface area contributed by atoms with Crippen molar-refractivity contribution in [1.82, 2.24) is 4.90 Å². The first-order valence-electron chi connectivity index (χ1n) is 8.96. The Hall–Kier alpha value is -1.38. The molecule has 0 bridgehead atoms. The molecule has 2 aromatic rings. The highest BCUT2D eigenvalue weighted by Gasteiger charge is 2.30. The second-order valence-corrected chi connectivity index (χ2v) is 7.36. The lowest BCUT2D eigenvalue weighted by molar-refractivity contribution is 0.0520. The number of hydrogen-bond acceptors (Lipinski definition) is 2. The van der Waals surface area contributed by atoms with Gasteiger partial charge in [0.05, 0.1) is 6.10 Å². The van der Waals surface area contributed by atoms with Crippen molar-refractivity contribution in [2.75, 3.05) is 20.6 Å². The van der Waals surface area contributed by atoms with Gasteiger partial charge in [-0.3, -0.25) is 0 Å². The van der Waals surface area contributed by atoms with E-state index in [9.17, 15) is 5.11 Å². The Morgan fingerprint density at radius 1 is 1.00 bits per heavy atom. The molecule has 2 atom stereocenters. The number of fused-ring (bicyclic) bond motifs is 1. The third kappa shape index (κ3) is 3.94. The summed E-state index contributed by atoms with van der Waals surface area (Å²) in [5, 5.41) is 13.6. The van der Waals surface area contributed by atoms with Crippen LogP contribution in [0.5, 0.6) is 0 Å². The fourth-order valence-corrected chi connectivity index (χ4v) is 4.05. The van der Waals surface area contributed by atoms with E-state index in [-0.39, 0.29) is 12.0 Å². The van der Waals surface area contributed by atoms with Crippen molar-refractivity contribution in [3.05, 3.63) is 48.0 Å². The minimum absolute atomic E-state index is 0.192. The van der Waals surface area contributed by atoms with Gasteiger partial charge < -0.3 is 10.0 Å². The van der Waals surface area contributed by atoms with E-state index in [0.29, 0.717) is 5.92 Å². The lowest BCUT2D eigenvalue weighted by Crippen LogP contribution is -2.35. The number of hydrogen-bond donors (Lipinski definition) is 1. The van der Waals surface area contributed by atoms with Crippen LogP contribution in [0.4, 0.5) is 0 Å². The van der Waals surface area contributed by atoms with Gasteiger partial charge in [-0.2, -0.15) is 0 Å². The van der Waals surface area contributed by atoms with Gasteiger partial charge in [-0.25, -0.2) is 0 Å². The molecule has 0 heterocycles. The summed E-state index contributed by atoms with van der Waals surface area (Å²) in [7, 11) is 4.20. The Kier molecular flexibility index (Phi) is 5.34. The zero-order valence-electron chi connectivity index (χ0n) is 14.4. The van der Waals surface area contributed by atoms with Gasteiger partial charge >= 0.3 is 0 Å². The molecule has 1 saturated carbocycles. The molecule has 0 unspecified atom stereocenters. The zero-order chi connectivity index (χ0) is 16.2. The van der Waals surface area contributed by atoms with Gasteiger partial charge in [-0.15, -0.1) is 0 Å². The van der Waals surface area contributed by atoms with E-state index in [1.165, 1.54) is 48.4 Å². The van der Waals surface area contributed by atoms with Crippen molar-refractivity contribution < 1.29 is 5.11 Å². The zero-order valence-corrected chi connectivity index (χ0v) is 14.4. The van der Waals surface area contributed by atoms with Crippen molar-refractivity contribution >= 4 is 10.8 Å². The van der Waals surface area contributed by atoms with Crippen LogP contribution in [0.25, 0.3) is 10.8 Å². The molecule has 2 heteroatoms. The fraction of sp³-hybridized carbons (Fsp3) is 0.524. The first kappa shape index (κ1) is 16.5. The van der Waals surface area contributed by atoms with Gasteiger partial charge in [-0.05, 0) is 49.2 Å². The van der Waals surface area contributed by atoms with Gasteiger partial charge in [0.25, 0.3) is 0 Å². The van der Waals surface area contributed by atoms with E-state index in [2.05, 4.69) is 61.5 Å². The number of rotatable bonds is 5. The number of benzene rings is 2. The smallest absolute Gasteiger partial charge is 0.0649 e. The summed E-state index contributed by atoms with van der Waals surface area (Å²) in [5.74, 6) is 0.651. The highest BCUT2D eigenvalue weighted by Crippen LogP contribution is 2.34. The summed E-state index contributed by atoms with van der Waals surface area (Å²) >= 11 is 0. The SMILES string of the molecule is CN(C)C[C@H](c1ccc2ccccc2c1)[C@H](O)C1CCCCC1. The molecule has 2 nitrogen and oxygen atoms in total. The van der Waals surface area contributed by atoms with Crippen molar-refractivity contribution in [3.63, 3.8) is 0 Å². The molecule has 1 aliphatic rings. The van der Waals surface area contributed by atoms with E-state index in [1.54, 1.807) is 0 Å². The van der Waals surface area contributed by atoms with Gasteiger partial charge in [0.1, 0.15) is 0 Å². The summed E-state index contributed by atoms with van der Waals surface area (Å²) in [6.45, 7) is 0.899. The van der Waals surface area contributed by atoms with Crippen LogP contribution in [-0.4, -0.2) is 36.8 Å². The summed E-state index contributed by atoms with van der Waals surface area (Å²) in [5.41, 5.74) is 1.27. The van der Waals surface area contributed by atoms with Crippen LogP contribution in [0, 0.1) is 5.92 Å². The van der Waals surface area contributed by atoms with Crippen molar-refractivity contribution in [2.45, 2.75) is 44.1 Å². The van der Waals surface area contributed by atoms with E-state index in [1.807, 2.05) is 0 Å². The molecule has 3 rings (SSSR count). The summed E-state index contributed by atoms with van der Waals surface area (Å²) in [4.78, 5) is 2.20. The molecule has 0 saturated heterocycles. The Morgan fingerprint density at radius 3 is 2.39 bits per heavy atom. The van der Waals surface area contributed by atoms with Crippen LogP contribution in [0.3, 0.4) is 0 Å². The largest absolute Gasteiger partial charge is 0.392 e.